The number of amides is 1. The van der Waals surface area contributed by atoms with Crippen LogP contribution in [0.4, 0.5) is 18.9 Å². The second kappa shape index (κ2) is 8.21. The summed E-state index contributed by atoms with van der Waals surface area (Å²) in [6.07, 6.45) is -3.88. The number of hydrogen-bond donors (Lipinski definition) is 2. The molecule has 1 aromatic carbocycles. The summed E-state index contributed by atoms with van der Waals surface area (Å²) < 4.78 is 43.3. The van der Waals surface area contributed by atoms with E-state index in [2.05, 4.69) is 10.6 Å². The molecule has 0 spiro atoms. The van der Waals surface area contributed by atoms with E-state index in [9.17, 15) is 18.0 Å². The van der Waals surface area contributed by atoms with Crippen LogP contribution in [0.25, 0.3) is 0 Å². The minimum Gasteiger partial charge on any atom is -0.385 e. The zero-order valence-electron chi connectivity index (χ0n) is 11.4. The smallest absolute Gasteiger partial charge is 0.385 e. The molecule has 2 N–H and O–H groups in total. The molecule has 0 heterocycles. The predicted molar refractivity (Wildman–Crippen MR) is 74.4 cm³/mol. The fraction of sp³-hybridized carbons (Fsp3) is 0.462. The van der Waals surface area contributed by atoms with Crippen molar-refractivity contribution in [2.75, 3.05) is 32.1 Å². The van der Waals surface area contributed by atoms with Crippen LogP contribution >= 0.6 is 11.6 Å². The van der Waals surface area contributed by atoms with Gasteiger partial charge >= 0.3 is 6.18 Å². The van der Waals surface area contributed by atoms with Gasteiger partial charge in [-0.1, -0.05) is 11.6 Å². The van der Waals surface area contributed by atoms with Gasteiger partial charge in [0.1, 0.15) is 0 Å². The summed E-state index contributed by atoms with van der Waals surface area (Å²) in [5.74, 6) is -0.555. The van der Waals surface area contributed by atoms with Crippen molar-refractivity contribution in [1.82, 2.24) is 5.32 Å². The SMILES string of the molecule is COCCCNCC(=O)Nc1ccc(Cl)cc1C(F)(F)F. The highest BCUT2D eigenvalue weighted by atomic mass is 35.5. The molecule has 4 nitrogen and oxygen atoms in total. The van der Waals surface area contributed by atoms with Crippen LogP contribution in [0, 0.1) is 0 Å². The molecule has 0 atom stereocenters. The molecule has 1 aromatic rings. The standard InChI is InChI=1S/C13H16ClF3N2O2/c1-21-6-2-5-18-8-12(20)19-11-4-3-9(14)7-10(11)13(15,16)17/h3-4,7,18H,2,5-6,8H2,1H3,(H,19,20). The van der Waals surface area contributed by atoms with E-state index in [0.717, 1.165) is 12.1 Å². The van der Waals surface area contributed by atoms with Crippen molar-refractivity contribution in [1.29, 1.82) is 0 Å². The normalized spacial score (nSPS) is 11.5. The molecule has 0 aliphatic carbocycles. The van der Waals surface area contributed by atoms with Gasteiger partial charge in [-0.25, -0.2) is 0 Å². The summed E-state index contributed by atoms with van der Waals surface area (Å²) >= 11 is 5.55. The Morgan fingerprint density at radius 3 is 2.71 bits per heavy atom. The van der Waals surface area contributed by atoms with Gasteiger partial charge in [-0.05, 0) is 31.2 Å². The van der Waals surface area contributed by atoms with E-state index in [1.165, 1.54) is 6.07 Å². The van der Waals surface area contributed by atoms with Crippen molar-refractivity contribution in [2.45, 2.75) is 12.6 Å². The van der Waals surface area contributed by atoms with Gasteiger partial charge in [-0.15, -0.1) is 0 Å². The number of carbonyl (C=O) groups excluding carboxylic acids is 1. The number of carbonyl (C=O) groups is 1. The Bertz CT molecular complexity index is 481. The van der Waals surface area contributed by atoms with Crippen molar-refractivity contribution in [2.24, 2.45) is 0 Å². The van der Waals surface area contributed by atoms with Gasteiger partial charge in [0.05, 0.1) is 17.8 Å². The zero-order chi connectivity index (χ0) is 15.9. The summed E-state index contributed by atoms with van der Waals surface area (Å²) in [5.41, 5.74) is -1.28. The lowest BCUT2D eigenvalue weighted by Crippen LogP contribution is -2.29. The quantitative estimate of drug-likeness (QED) is 0.758. The number of methoxy groups -OCH3 is 1. The topological polar surface area (TPSA) is 50.4 Å². The van der Waals surface area contributed by atoms with Crippen LogP contribution < -0.4 is 10.6 Å². The van der Waals surface area contributed by atoms with Gasteiger partial charge in [0.15, 0.2) is 0 Å². The van der Waals surface area contributed by atoms with E-state index in [1.54, 1.807) is 7.11 Å². The van der Waals surface area contributed by atoms with E-state index in [1.807, 2.05) is 0 Å². The summed E-state index contributed by atoms with van der Waals surface area (Å²) in [6, 6.07) is 3.20. The van der Waals surface area contributed by atoms with Crippen LogP contribution in [-0.2, 0) is 15.7 Å². The highest BCUT2D eigenvalue weighted by molar-refractivity contribution is 6.30. The lowest BCUT2D eigenvalue weighted by atomic mass is 10.1. The van der Waals surface area contributed by atoms with Gasteiger partial charge in [0.2, 0.25) is 5.91 Å². The molecular weight excluding hydrogens is 309 g/mol. The molecule has 0 aliphatic rings. The van der Waals surface area contributed by atoms with E-state index in [-0.39, 0.29) is 17.3 Å². The van der Waals surface area contributed by atoms with Gasteiger partial charge < -0.3 is 15.4 Å². The van der Waals surface area contributed by atoms with Crippen molar-refractivity contribution in [3.05, 3.63) is 28.8 Å². The van der Waals surface area contributed by atoms with Gasteiger partial charge in [-0.2, -0.15) is 13.2 Å². The molecular formula is C13H16ClF3N2O2. The molecule has 0 bridgehead atoms. The largest absolute Gasteiger partial charge is 0.418 e. The van der Waals surface area contributed by atoms with Gasteiger partial charge in [-0.3, -0.25) is 4.79 Å². The third kappa shape index (κ3) is 6.33. The van der Waals surface area contributed by atoms with Crippen LogP contribution in [0.1, 0.15) is 12.0 Å². The predicted octanol–water partition coefficient (Wildman–Crippen LogP) is 2.92. The second-order valence-corrected chi connectivity index (χ2v) is 4.70. The maximum Gasteiger partial charge on any atom is 0.418 e. The van der Waals surface area contributed by atoms with Gasteiger partial charge in [0.25, 0.3) is 0 Å². The number of halogens is 4. The lowest BCUT2D eigenvalue weighted by molar-refractivity contribution is -0.137. The van der Waals surface area contributed by atoms with Gasteiger partial charge in [0, 0.05) is 18.7 Å². The van der Waals surface area contributed by atoms with Crippen molar-refractivity contribution in [3.8, 4) is 0 Å². The molecule has 0 fully saturated rings. The molecule has 0 aliphatic heterocycles. The minimum absolute atomic E-state index is 0.0435. The van der Waals surface area contributed by atoms with Crippen LogP contribution in [-0.4, -0.2) is 32.7 Å². The maximum absolute atomic E-state index is 12.8. The molecule has 0 saturated heterocycles. The van der Waals surface area contributed by atoms with E-state index in [4.69, 9.17) is 16.3 Å². The van der Waals surface area contributed by atoms with E-state index < -0.39 is 17.6 Å². The number of benzene rings is 1. The number of alkyl halides is 3. The number of hydrogen-bond acceptors (Lipinski definition) is 3. The first kappa shape index (κ1) is 17.7. The Kier molecular flexibility index (Phi) is 6.94. The fourth-order valence-electron chi connectivity index (χ4n) is 1.60. The molecule has 8 heteroatoms. The van der Waals surface area contributed by atoms with Crippen LogP contribution in [0.2, 0.25) is 5.02 Å². The number of rotatable bonds is 7. The third-order valence-corrected chi connectivity index (χ3v) is 2.78. The Balaban J connectivity index is 2.60. The van der Waals surface area contributed by atoms with Crippen molar-refractivity contribution in [3.63, 3.8) is 0 Å². The van der Waals surface area contributed by atoms with E-state index in [0.29, 0.717) is 19.6 Å². The van der Waals surface area contributed by atoms with Crippen LogP contribution in [0.5, 0.6) is 0 Å². The Morgan fingerprint density at radius 2 is 2.10 bits per heavy atom. The van der Waals surface area contributed by atoms with E-state index >= 15 is 0 Å². The average molecular weight is 325 g/mol. The molecule has 1 rings (SSSR count). The second-order valence-electron chi connectivity index (χ2n) is 4.26. The molecule has 0 unspecified atom stereocenters. The zero-order valence-corrected chi connectivity index (χ0v) is 12.1. The Hall–Kier alpha value is -1.31. The number of anilines is 1. The monoisotopic (exact) mass is 324 g/mol. The Labute approximate surface area is 125 Å². The summed E-state index contributed by atoms with van der Waals surface area (Å²) in [7, 11) is 1.56. The first-order valence-corrected chi connectivity index (χ1v) is 6.58. The molecule has 0 aromatic heterocycles. The lowest BCUT2D eigenvalue weighted by Gasteiger charge is -2.14. The molecule has 0 radical (unpaired) electrons. The number of ether oxygens (including phenoxy) is 1. The summed E-state index contributed by atoms with van der Waals surface area (Å²) in [6.45, 7) is 1.00. The minimum atomic E-state index is -4.58. The maximum atomic E-state index is 12.8. The molecule has 1 amide bonds. The van der Waals surface area contributed by atoms with Crippen molar-refractivity contribution < 1.29 is 22.7 Å². The third-order valence-electron chi connectivity index (χ3n) is 2.55. The molecule has 118 valence electrons. The van der Waals surface area contributed by atoms with Crippen molar-refractivity contribution >= 4 is 23.2 Å². The molecule has 0 saturated carbocycles. The Morgan fingerprint density at radius 1 is 1.38 bits per heavy atom. The highest BCUT2D eigenvalue weighted by Crippen LogP contribution is 2.36. The first-order chi connectivity index (χ1) is 9.84. The number of nitrogens with one attached hydrogen (secondary N) is 2. The van der Waals surface area contributed by atoms with Crippen LogP contribution in [0.15, 0.2) is 18.2 Å². The first-order valence-electron chi connectivity index (χ1n) is 6.21. The van der Waals surface area contributed by atoms with Crippen LogP contribution in [0.3, 0.4) is 0 Å². The molecule has 21 heavy (non-hydrogen) atoms. The highest BCUT2D eigenvalue weighted by Gasteiger charge is 2.34. The fourth-order valence-corrected chi connectivity index (χ4v) is 1.77. The summed E-state index contributed by atoms with van der Waals surface area (Å²) in [4.78, 5) is 11.6. The summed E-state index contributed by atoms with van der Waals surface area (Å²) in [5, 5.41) is 4.99. The average Bonchev–Trinajstić information content (AvgIpc) is 2.39.